The van der Waals surface area contributed by atoms with Crippen LogP contribution in [0.25, 0.3) is 21.9 Å². The van der Waals surface area contributed by atoms with E-state index in [2.05, 4.69) is 0 Å². The van der Waals surface area contributed by atoms with E-state index in [0.717, 1.165) is 16.7 Å². The Morgan fingerprint density at radius 3 is 1.94 bits per heavy atom. The zero-order valence-corrected chi connectivity index (χ0v) is 20.2. The van der Waals surface area contributed by atoms with Crippen molar-refractivity contribution in [1.29, 1.82) is 0 Å². The molecular weight excluding hydrogens is 468 g/mol. The number of carbonyl (C=O) groups excluding carboxylic acids is 2. The van der Waals surface area contributed by atoms with E-state index in [4.69, 9.17) is 30.5 Å². The van der Waals surface area contributed by atoms with Crippen LogP contribution < -0.4 is 18.9 Å². The number of hydrogen-bond donors (Lipinski definition) is 0. The highest BCUT2D eigenvalue weighted by Crippen LogP contribution is 2.52. The number of esters is 2. The minimum Gasteiger partial charge on any atom is -0.490 e. The summed E-state index contributed by atoms with van der Waals surface area (Å²) in [4.78, 5) is 24.8. The highest BCUT2D eigenvalue weighted by atomic mass is 35.5. The second-order valence-electron chi connectivity index (χ2n) is 7.72. The Labute approximate surface area is 207 Å². The van der Waals surface area contributed by atoms with Gasteiger partial charge in [0.05, 0.1) is 20.6 Å². The summed E-state index contributed by atoms with van der Waals surface area (Å²) in [5, 5.41) is 1.64. The Kier molecular flexibility index (Phi) is 7.22. The van der Waals surface area contributed by atoms with Crippen molar-refractivity contribution in [2.24, 2.45) is 0 Å². The Hall–Kier alpha value is -4.03. The molecule has 35 heavy (non-hydrogen) atoms. The zero-order chi connectivity index (χ0) is 24.9. The predicted molar refractivity (Wildman–Crippen MR) is 135 cm³/mol. The van der Waals surface area contributed by atoms with Crippen molar-refractivity contribution in [1.82, 2.24) is 0 Å². The van der Waals surface area contributed by atoms with Crippen LogP contribution in [0.3, 0.4) is 0 Å². The van der Waals surface area contributed by atoms with E-state index >= 15 is 0 Å². The quantitative estimate of drug-likeness (QED) is 0.225. The van der Waals surface area contributed by atoms with Gasteiger partial charge in [0, 0.05) is 22.7 Å². The summed E-state index contributed by atoms with van der Waals surface area (Å²) in [5.41, 5.74) is 2.60. The molecule has 0 aliphatic rings. The number of fused-ring (bicyclic) bond motifs is 1. The van der Waals surface area contributed by atoms with Gasteiger partial charge in [-0.2, -0.15) is 0 Å². The Morgan fingerprint density at radius 2 is 1.34 bits per heavy atom. The molecule has 0 bridgehead atoms. The maximum absolute atomic E-state index is 13.0. The molecule has 0 N–H and O–H groups in total. The molecule has 0 aromatic heterocycles. The normalized spacial score (nSPS) is 10.6. The van der Waals surface area contributed by atoms with E-state index in [1.807, 2.05) is 42.5 Å². The van der Waals surface area contributed by atoms with Crippen LogP contribution in [0.1, 0.15) is 12.5 Å². The predicted octanol–water partition coefficient (Wildman–Crippen LogP) is 6.25. The number of halogens is 1. The molecule has 0 radical (unpaired) electrons. The Balaban J connectivity index is 1.89. The summed E-state index contributed by atoms with van der Waals surface area (Å²) in [6.45, 7) is 1.30. The molecule has 0 atom stereocenters. The summed E-state index contributed by atoms with van der Waals surface area (Å²) in [7, 11) is 2.85. The third-order valence-corrected chi connectivity index (χ3v) is 5.62. The zero-order valence-electron chi connectivity index (χ0n) is 19.5. The smallest absolute Gasteiger partial charge is 0.315 e. The molecule has 0 aliphatic carbocycles. The largest absolute Gasteiger partial charge is 0.490 e. The molecule has 4 rings (SSSR count). The first-order valence-corrected chi connectivity index (χ1v) is 11.2. The monoisotopic (exact) mass is 490 g/mol. The molecule has 6 nitrogen and oxygen atoms in total. The second kappa shape index (κ2) is 10.5. The number of rotatable bonds is 7. The van der Waals surface area contributed by atoms with Crippen LogP contribution in [-0.2, 0) is 16.0 Å². The van der Waals surface area contributed by atoms with E-state index in [0.29, 0.717) is 15.8 Å². The minimum atomic E-state index is -0.522. The molecule has 4 aromatic rings. The van der Waals surface area contributed by atoms with Crippen molar-refractivity contribution in [3.63, 3.8) is 0 Å². The molecule has 178 valence electrons. The average molecular weight is 491 g/mol. The third kappa shape index (κ3) is 5.23. The molecule has 0 heterocycles. The van der Waals surface area contributed by atoms with Crippen molar-refractivity contribution < 1.29 is 28.5 Å². The van der Waals surface area contributed by atoms with Gasteiger partial charge in [-0.1, -0.05) is 60.1 Å². The standard InChI is InChI=1S/C28H23ClO6/c1-17(30)34-25-22-14-11-20(19-7-5-4-6-8-19)16-23(22)26(28(33-3)27(25)32-2)35-24(31)15-18-9-12-21(29)13-10-18/h4-14,16H,15H2,1-3H3. The van der Waals surface area contributed by atoms with E-state index in [1.165, 1.54) is 21.1 Å². The molecule has 0 saturated carbocycles. The first-order valence-electron chi connectivity index (χ1n) is 10.8. The van der Waals surface area contributed by atoms with Crippen LogP contribution in [0.5, 0.6) is 23.0 Å². The number of ether oxygens (including phenoxy) is 4. The molecule has 0 fully saturated rings. The fraction of sp³-hybridized carbons (Fsp3) is 0.143. The fourth-order valence-corrected chi connectivity index (χ4v) is 3.95. The van der Waals surface area contributed by atoms with E-state index in [-0.39, 0.29) is 29.4 Å². The summed E-state index contributed by atoms with van der Waals surface area (Å²) in [5.74, 6) is -0.371. The first kappa shape index (κ1) is 24.1. The lowest BCUT2D eigenvalue weighted by molar-refractivity contribution is -0.134. The molecular formula is C28H23ClO6. The van der Waals surface area contributed by atoms with Gasteiger partial charge in [0.2, 0.25) is 11.5 Å². The summed E-state index contributed by atoms with van der Waals surface area (Å²) in [6.07, 6.45) is 0.0220. The van der Waals surface area contributed by atoms with Crippen LogP contribution in [0.4, 0.5) is 0 Å². The topological polar surface area (TPSA) is 71.1 Å². The van der Waals surface area contributed by atoms with Gasteiger partial charge >= 0.3 is 11.9 Å². The van der Waals surface area contributed by atoms with Gasteiger partial charge in [-0.25, -0.2) is 0 Å². The molecule has 0 unspecified atom stereocenters. The van der Waals surface area contributed by atoms with Crippen molar-refractivity contribution in [3.8, 4) is 34.1 Å². The number of hydrogen-bond acceptors (Lipinski definition) is 6. The molecule has 0 aliphatic heterocycles. The Bertz CT molecular complexity index is 1380. The van der Waals surface area contributed by atoms with Crippen molar-refractivity contribution in [3.05, 3.63) is 83.4 Å². The van der Waals surface area contributed by atoms with Crippen LogP contribution in [0.2, 0.25) is 5.02 Å². The lowest BCUT2D eigenvalue weighted by atomic mass is 9.99. The van der Waals surface area contributed by atoms with Gasteiger partial charge in [-0.15, -0.1) is 0 Å². The van der Waals surface area contributed by atoms with Crippen LogP contribution in [0.15, 0.2) is 72.8 Å². The molecule has 0 amide bonds. The second-order valence-corrected chi connectivity index (χ2v) is 8.16. The Morgan fingerprint density at radius 1 is 0.714 bits per heavy atom. The van der Waals surface area contributed by atoms with Gasteiger partial charge < -0.3 is 18.9 Å². The van der Waals surface area contributed by atoms with Crippen LogP contribution in [-0.4, -0.2) is 26.2 Å². The summed E-state index contributed by atoms with van der Waals surface area (Å²) in [6, 6.07) is 22.3. The average Bonchev–Trinajstić information content (AvgIpc) is 2.86. The maximum atomic E-state index is 13.0. The molecule has 0 saturated heterocycles. The van der Waals surface area contributed by atoms with Gasteiger partial charge in [0.15, 0.2) is 11.5 Å². The maximum Gasteiger partial charge on any atom is 0.315 e. The van der Waals surface area contributed by atoms with Gasteiger partial charge in [-0.05, 0) is 41.0 Å². The van der Waals surface area contributed by atoms with Crippen LogP contribution >= 0.6 is 11.6 Å². The third-order valence-electron chi connectivity index (χ3n) is 5.37. The molecule has 4 aromatic carbocycles. The van der Waals surface area contributed by atoms with Crippen molar-refractivity contribution in [2.45, 2.75) is 13.3 Å². The van der Waals surface area contributed by atoms with Gasteiger partial charge in [0.25, 0.3) is 0 Å². The fourth-order valence-electron chi connectivity index (χ4n) is 3.83. The number of benzene rings is 4. The van der Waals surface area contributed by atoms with Gasteiger partial charge in [0.1, 0.15) is 0 Å². The van der Waals surface area contributed by atoms with E-state index in [1.54, 1.807) is 30.3 Å². The first-order chi connectivity index (χ1) is 16.9. The number of carbonyl (C=O) groups is 2. The SMILES string of the molecule is COc1c(OC)c(OC(=O)Cc2ccc(Cl)cc2)c2cc(-c3ccccc3)ccc2c1OC(C)=O. The lowest BCUT2D eigenvalue weighted by Gasteiger charge is -2.20. The highest BCUT2D eigenvalue weighted by Gasteiger charge is 2.26. The summed E-state index contributed by atoms with van der Waals surface area (Å²) >= 11 is 5.95. The lowest BCUT2D eigenvalue weighted by Crippen LogP contribution is -2.13. The van der Waals surface area contributed by atoms with E-state index in [9.17, 15) is 9.59 Å². The number of methoxy groups -OCH3 is 2. The molecule has 7 heteroatoms. The van der Waals surface area contributed by atoms with Crippen molar-refractivity contribution >= 4 is 34.3 Å². The van der Waals surface area contributed by atoms with Crippen molar-refractivity contribution in [2.75, 3.05) is 14.2 Å². The van der Waals surface area contributed by atoms with Gasteiger partial charge in [-0.3, -0.25) is 9.59 Å². The van der Waals surface area contributed by atoms with E-state index < -0.39 is 11.9 Å². The minimum absolute atomic E-state index is 0.0220. The molecule has 0 spiro atoms. The highest BCUT2D eigenvalue weighted by molar-refractivity contribution is 6.30. The summed E-state index contributed by atoms with van der Waals surface area (Å²) < 4.78 is 22.5. The van der Waals surface area contributed by atoms with Crippen LogP contribution in [0, 0.1) is 0 Å².